The zero-order chi connectivity index (χ0) is 16.5. The summed E-state index contributed by atoms with van der Waals surface area (Å²) in [6.07, 6.45) is 4.69. The Labute approximate surface area is 140 Å². The van der Waals surface area contributed by atoms with Crippen molar-refractivity contribution < 1.29 is 4.74 Å². The van der Waals surface area contributed by atoms with Crippen LogP contribution in [0.3, 0.4) is 0 Å². The van der Waals surface area contributed by atoms with Gasteiger partial charge in [0.1, 0.15) is 11.5 Å². The fourth-order valence-electron chi connectivity index (χ4n) is 2.16. The minimum atomic E-state index is 0.442. The van der Waals surface area contributed by atoms with Crippen molar-refractivity contribution in [1.29, 1.82) is 0 Å². The third kappa shape index (κ3) is 5.95. The molecule has 2 rings (SSSR count). The molecular formula is C20H28N2O. The topological polar surface area (TPSA) is 33.3 Å². The van der Waals surface area contributed by atoms with E-state index in [1.807, 2.05) is 36.4 Å². The zero-order valence-corrected chi connectivity index (χ0v) is 14.4. The highest BCUT2D eigenvalue weighted by Crippen LogP contribution is 2.23. The highest BCUT2D eigenvalue weighted by Gasteiger charge is 2.00. The standard InChI is InChI=1S/C20H28N2O/c1-4-6-7-17-8-12-19(13-9-17)23-20-14-10-18(11-15-20)22-21-16(3)5-2/h8-16,21-22H,4-7H2,1-3H3. The molecule has 2 N–H and O–H groups in total. The number of unbranched alkanes of at least 4 members (excludes halogenated alkanes) is 1. The van der Waals surface area contributed by atoms with Gasteiger partial charge < -0.3 is 10.2 Å². The predicted octanol–water partition coefficient (Wildman–Crippen LogP) is 5.54. The maximum atomic E-state index is 5.89. The number of anilines is 1. The van der Waals surface area contributed by atoms with E-state index >= 15 is 0 Å². The maximum absolute atomic E-state index is 5.89. The minimum absolute atomic E-state index is 0.442. The Bertz CT molecular complexity index is 563. The van der Waals surface area contributed by atoms with Crippen molar-refractivity contribution in [2.75, 3.05) is 5.43 Å². The van der Waals surface area contributed by atoms with Crippen LogP contribution in [-0.4, -0.2) is 6.04 Å². The molecule has 0 fully saturated rings. The first-order chi connectivity index (χ1) is 11.2. The van der Waals surface area contributed by atoms with E-state index in [-0.39, 0.29) is 0 Å². The molecule has 0 amide bonds. The molecule has 23 heavy (non-hydrogen) atoms. The van der Waals surface area contributed by atoms with Crippen LogP contribution in [0.15, 0.2) is 48.5 Å². The van der Waals surface area contributed by atoms with Gasteiger partial charge in [-0.25, -0.2) is 5.43 Å². The molecule has 0 aromatic heterocycles. The summed E-state index contributed by atoms with van der Waals surface area (Å²) < 4.78 is 5.89. The molecule has 2 aromatic rings. The molecule has 3 heteroatoms. The van der Waals surface area contributed by atoms with E-state index in [4.69, 9.17) is 4.74 Å². The Morgan fingerprint density at radius 3 is 2.09 bits per heavy atom. The molecule has 2 aromatic carbocycles. The van der Waals surface area contributed by atoms with E-state index in [1.165, 1.54) is 18.4 Å². The average molecular weight is 312 g/mol. The molecule has 3 nitrogen and oxygen atoms in total. The summed E-state index contributed by atoms with van der Waals surface area (Å²) in [6, 6.07) is 16.8. The molecule has 0 heterocycles. The SMILES string of the molecule is CCCCc1ccc(Oc2ccc(NNC(C)CC)cc2)cc1. The summed E-state index contributed by atoms with van der Waals surface area (Å²) in [7, 11) is 0. The second-order valence-corrected chi connectivity index (χ2v) is 5.95. The Kier molecular flexibility index (Phi) is 6.95. The number of ether oxygens (including phenoxy) is 1. The molecule has 0 aliphatic heterocycles. The number of benzene rings is 2. The van der Waals surface area contributed by atoms with Crippen LogP contribution in [0.5, 0.6) is 11.5 Å². The Morgan fingerprint density at radius 1 is 0.913 bits per heavy atom. The van der Waals surface area contributed by atoms with Gasteiger partial charge >= 0.3 is 0 Å². The van der Waals surface area contributed by atoms with Crippen molar-refractivity contribution in [1.82, 2.24) is 5.43 Å². The van der Waals surface area contributed by atoms with E-state index in [9.17, 15) is 0 Å². The van der Waals surface area contributed by atoms with Gasteiger partial charge in [-0.3, -0.25) is 0 Å². The largest absolute Gasteiger partial charge is 0.457 e. The molecule has 0 saturated heterocycles. The number of nitrogens with one attached hydrogen (secondary N) is 2. The lowest BCUT2D eigenvalue weighted by molar-refractivity contribution is 0.482. The Balaban J connectivity index is 1.87. The molecule has 0 bridgehead atoms. The van der Waals surface area contributed by atoms with E-state index < -0.39 is 0 Å². The Morgan fingerprint density at radius 2 is 1.52 bits per heavy atom. The summed E-state index contributed by atoms with van der Waals surface area (Å²) in [5.74, 6) is 1.73. The van der Waals surface area contributed by atoms with Gasteiger partial charge in [-0.15, -0.1) is 0 Å². The number of hydrogen-bond acceptors (Lipinski definition) is 3. The van der Waals surface area contributed by atoms with Crippen LogP contribution in [0.1, 0.15) is 45.6 Å². The molecule has 1 atom stereocenters. The van der Waals surface area contributed by atoms with Crippen molar-refractivity contribution in [3.05, 3.63) is 54.1 Å². The van der Waals surface area contributed by atoms with Crippen molar-refractivity contribution in [2.24, 2.45) is 0 Å². The minimum Gasteiger partial charge on any atom is -0.457 e. The molecule has 0 radical (unpaired) electrons. The van der Waals surface area contributed by atoms with Crippen molar-refractivity contribution in [3.63, 3.8) is 0 Å². The second kappa shape index (κ2) is 9.21. The first kappa shape index (κ1) is 17.4. The molecular weight excluding hydrogens is 284 g/mol. The van der Waals surface area contributed by atoms with Gasteiger partial charge in [-0.2, -0.15) is 0 Å². The first-order valence-corrected chi connectivity index (χ1v) is 8.59. The van der Waals surface area contributed by atoms with Crippen LogP contribution >= 0.6 is 0 Å². The van der Waals surface area contributed by atoms with E-state index in [2.05, 4.69) is 43.8 Å². The van der Waals surface area contributed by atoms with Gasteiger partial charge in [0, 0.05) is 11.7 Å². The lowest BCUT2D eigenvalue weighted by Crippen LogP contribution is -2.30. The van der Waals surface area contributed by atoms with Crippen LogP contribution in [-0.2, 0) is 6.42 Å². The van der Waals surface area contributed by atoms with Gasteiger partial charge in [0.2, 0.25) is 0 Å². The smallest absolute Gasteiger partial charge is 0.127 e. The average Bonchev–Trinajstić information content (AvgIpc) is 2.60. The lowest BCUT2D eigenvalue weighted by Gasteiger charge is -2.14. The van der Waals surface area contributed by atoms with Crippen molar-refractivity contribution >= 4 is 5.69 Å². The van der Waals surface area contributed by atoms with Gasteiger partial charge in [0.05, 0.1) is 0 Å². The third-order valence-electron chi connectivity index (χ3n) is 3.91. The van der Waals surface area contributed by atoms with Crippen molar-refractivity contribution in [3.8, 4) is 11.5 Å². The van der Waals surface area contributed by atoms with Crippen LogP contribution < -0.4 is 15.6 Å². The molecule has 0 saturated carbocycles. The molecule has 0 aliphatic carbocycles. The number of hydrazine groups is 1. The van der Waals surface area contributed by atoms with Gasteiger partial charge in [0.25, 0.3) is 0 Å². The summed E-state index contributed by atoms with van der Waals surface area (Å²) in [4.78, 5) is 0. The van der Waals surface area contributed by atoms with Crippen LogP contribution in [0, 0.1) is 0 Å². The highest BCUT2D eigenvalue weighted by molar-refractivity contribution is 5.46. The van der Waals surface area contributed by atoms with Gasteiger partial charge in [-0.05, 0) is 68.1 Å². The van der Waals surface area contributed by atoms with Gasteiger partial charge in [0.15, 0.2) is 0 Å². The molecule has 0 aliphatic rings. The van der Waals surface area contributed by atoms with Crippen molar-refractivity contribution in [2.45, 2.75) is 52.5 Å². The van der Waals surface area contributed by atoms with E-state index in [1.54, 1.807) is 0 Å². The zero-order valence-electron chi connectivity index (χ0n) is 14.4. The maximum Gasteiger partial charge on any atom is 0.127 e. The van der Waals surface area contributed by atoms with Crippen LogP contribution in [0.4, 0.5) is 5.69 Å². The summed E-state index contributed by atoms with van der Waals surface area (Å²) in [5, 5.41) is 0. The van der Waals surface area contributed by atoms with Crippen LogP contribution in [0.25, 0.3) is 0 Å². The third-order valence-corrected chi connectivity index (χ3v) is 3.91. The Hall–Kier alpha value is -2.00. The normalized spacial score (nSPS) is 12.0. The summed E-state index contributed by atoms with van der Waals surface area (Å²) in [6.45, 7) is 6.52. The predicted molar refractivity (Wildman–Crippen MR) is 98.1 cm³/mol. The monoisotopic (exact) mass is 312 g/mol. The quantitative estimate of drug-likeness (QED) is 0.597. The molecule has 1 unspecified atom stereocenters. The fraction of sp³-hybridized carbons (Fsp3) is 0.400. The number of aryl methyl sites for hydroxylation is 1. The van der Waals surface area contributed by atoms with Crippen LogP contribution in [0.2, 0.25) is 0 Å². The van der Waals surface area contributed by atoms with E-state index in [0.717, 1.165) is 30.0 Å². The van der Waals surface area contributed by atoms with E-state index in [0.29, 0.717) is 6.04 Å². The highest BCUT2D eigenvalue weighted by atomic mass is 16.5. The lowest BCUT2D eigenvalue weighted by atomic mass is 10.1. The molecule has 124 valence electrons. The summed E-state index contributed by atoms with van der Waals surface area (Å²) >= 11 is 0. The molecule has 0 spiro atoms. The second-order valence-electron chi connectivity index (χ2n) is 5.95. The first-order valence-electron chi connectivity index (χ1n) is 8.59. The number of hydrogen-bond donors (Lipinski definition) is 2. The summed E-state index contributed by atoms with van der Waals surface area (Å²) in [5.41, 5.74) is 8.86. The fourth-order valence-corrected chi connectivity index (χ4v) is 2.16. The number of rotatable bonds is 9. The van der Waals surface area contributed by atoms with Gasteiger partial charge in [-0.1, -0.05) is 32.4 Å².